The Balaban J connectivity index is 2.53. The third kappa shape index (κ3) is 2.70. The Hall–Kier alpha value is -2.68. The normalized spacial score (nSPS) is 17.0. The molecule has 0 unspecified atom stereocenters. The highest BCUT2D eigenvalue weighted by Crippen LogP contribution is 2.24. The second-order valence-corrected chi connectivity index (χ2v) is 5.59. The molecule has 6 nitrogen and oxygen atoms in total. The number of hydrogen-bond donors (Lipinski definition) is 0. The average molecular weight is 298 g/mol. The van der Waals surface area contributed by atoms with E-state index in [1.807, 2.05) is 33.8 Å². The number of carbonyl (C=O) groups is 2. The lowest BCUT2D eigenvalue weighted by atomic mass is 10.2. The van der Waals surface area contributed by atoms with Crippen LogP contribution in [0.3, 0.4) is 0 Å². The van der Waals surface area contributed by atoms with Crippen molar-refractivity contribution < 1.29 is 9.59 Å². The zero-order valence-corrected chi connectivity index (χ0v) is 13.1. The summed E-state index contributed by atoms with van der Waals surface area (Å²) in [6, 6.07) is 8.30. The summed E-state index contributed by atoms with van der Waals surface area (Å²) in [5.41, 5.74) is 1.02. The van der Waals surface area contributed by atoms with Gasteiger partial charge >= 0.3 is 11.8 Å². The highest BCUT2D eigenvalue weighted by molar-refractivity contribution is 6.53. The number of hydrogen-bond acceptors (Lipinski definition) is 4. The predicted molar refractivity (Wildman–Crippen MR) is 83.2 cm³/mol. The zero-order valence-electron chi connectivity index (χ0n) is 13.1. The second-order valence-electron chi connectivity index (χ2n) is 5.59. The van der Waals surface area contributed by atoms with Crippen molar-refractivity contribution in [2.45, 2.75) is 39.8 Å². The lowest BCUT2D eigenvalue weighted by molar-refractivity contribution is -0.139. The standard InChI is InChI=1S/C16H18N4O2/c1-10(2)18-16-19(11(3)4)14(21)15(22)20(16)13-7-5-12(9-17)6-8-13/h5-8,10-11H,1-4H3. The molecule has 0 spiro atoms. The molecule has 1 aliphatic heterocycles. The highest BCUT2D eigenvalue weighted by atomic mass is 16.2. The number of aliphatic imine (C=N–C) groups is 1. The van der Waals surface area contributed by atoms with Gasteiger partial charge in [0.2, 0.25) is 5.96 Å². The molecule has 2 rings (SSSR count). The molecule has 0 atom stereocenters. The van der Waals surface area contributed by atoms with Crippen LogP contribution in [0.1, 0.15) is 33.3 Å². The van der Waals surface area contributed by atoms with E-state index in [1.54, 1.807) is 24.3 Å². The monoisotopic (exact) mass is 298 g/mol. The molecule has 1 aliphatic rings. The molecule has 0 saturated carbocycles. The van der Waals surface area contributed by atoms with Crippen molar-refractivity contribution in [3.63, 3.8) is 0 Å². The van der Waals surface area contributed by atoms with E-state index < -0.39 is 11.8 Å². The predicted octanol–water partition coefficient (Wildman–Crippen LogP) is 1.91. The third-order valence-corrected chi connectivity index (χ3v) is 3.16. The van der Waals surface area contributed by atoms with Crippen molar-refractivity contribution in [3.05, 3.63) is 29.8 Å². The van der Waals surface area contributed by atoms with E-state index >= 15 is 0 Å². The van der Waals surface area contributed by atoms with Gasteiger partial charge in [-0.25, -0.2) is 9.89 Å². The topological polar surface area (TPSA) is 76.8 Å². The van der Waals surface area contributed by atoms with Crippen LogP contribution in [0.2, 0.25) is 0 Å². The van der Waals surface area contributed by atoms with Crippen molar-refractivity contribution >= 4 is 23.5 Å². The minimum Gasteiger partial charge on any atom is -0.271 e. The fourth-order valence-electron chi connectivity index (χ4n) is 2.22. The van der Waals surface area contributed by atoms with E-state index in [1.165, 1.54) is 9.80 Å². The zero-order chi connectivity index (χ0) is 16.4. The lowest BCUT2D eigenvalue weighted by Gasteiger charge is -2.23. The second kappa shape index (κ2) is 5.98. The van der Waals surface area contributed by atoms with Gasteiger partial charge in [-0.1, -0.05) is 0 Å². The molecule has 0 bridgehead atoms. The molecule has 0 aromatic heterocycles. The van der Waals surface area contributed by atoms with E-state index in [4.69, 9.17) is 5.26 Å². The number of carbonyl (C=O) groups excluding carboxylic acids is 2. The molecule has 1 aromatic carbocycles. The Morgan fingerprint density at radius 3 is 2.09 bits per heavy atom. The van der Waals surface area contributed by atoms with Gasteiger partial charge in [0.15, 0.2) is 0 Å². The van der Waals surface area contributed by atoms with Crippen LogP contribution in [-0.4, -0.2) is 34.8 Å². The highest BCUT2D eigenvalue weighted by Gasteiger charge is 2.44. The fraction of sp³-hybridized carbons (Fsp3) is 0.375. The quantitative estimate of drug-likeness (QED) is 0.800. The molecule has 6 heteroatoms. The molecule has 0 aliphatic carbocycles. The van der Waals surface area contributed by atoms with Crippen LogP contribution in [0.4, 0.5) is 5.69 Å². The summed E-state index contributed by atoms with van der Waals surface area (Å²) in [6.07, 6.45) is 0. The first kappa shape index (κ1) is 15.7. The van der Waals surface area contributed by atoms with E-state index in [9.17, 15) is 9.59 Å². The number of nitrogens with zero attached hydrogens (tertiary/aromatic N) is 4. The maximum atomic E-state index is 12.4. The number of nitriles is 1. The molecule has 1 saturated heterocycles. The Morgan fingerprint density at radius 1 is 1.05 bits per heavy atom. The number of benzene rings is 1. The lowest BCUT2D eigenvalue weighted by Crippen LogP contribution is -2.40. The van der Waals surface area contributed by atoms with Crippen molar-refractivity contribution in [2.24, 2.45) is 4.99 Å². The molecule has 114 valence electrons. The number of amides is 2. The number of guanidine groups is 1. The molecule has 0 N–H and O–H groups in total. The fourth-order valence-corrected chi connectivity index (χ4v) is 2.22. The summed E-state index contributed by atoms with van der Waals surface area (Å²) < 4.78 is 0. The van der Waals surface area contributed by atoms with E-state index in [0.717, 1.165) is 0 Å². The third-order valence-electron chi connectivity index (χ3n) is 3.16. The van der Waals surface area contributed by atoms with Crippen LogP contribution >= 0.6 is 0 Å². The van der Waals surface area contributed by atoms with Gasteiger partial charge in [-0.15, -0.1) is 0 Å². The van der Waals surface area contributed by atoms with Crippen LogP contribution in [-0.2, 0) is 9.59 Å². The first-order chi connectivity index (χ1) is 10.4. The molecule has 1 fully saturated rings. The number of rotatable bonds is 3. The summed E-state index contributed by atoms with van der Waals surface area (Å²) in [4.78, 5) is 31.8. The van der Waals surface area contributed by atoms with Crippen LogP contribution < -0.4 is 4.90 Å². The molecule has 22 heavy (non-hydrogen) atoms. The molecule has 0 radical (unpaired) electrons. The van der Waals surface area contributed by atoms with Crippen LogP contribution in [0.15, 0.2) is 29.3 Å². The summed E-state index contributed by atoms with van der Waals surface area (Å²) in [7, 11) is 0. The van der Waals surface area contributed by atoms with Crippen LogP contribution in [0.5, 0.6) is 0 Å². The van der Waals surface area contributed by atoms with Gasteiger partial charge in [0.05, 0.1) is 17.3 Å². The first-order valence-corrected chi connectivity index (χ1v) is 7.12. The average Bonchev–Trinajstić information content (AvgIpc) is 2.70. The first-order valence-electron chi connectivity index (χ1n) is 7.12. The van der Waals surface area contributed by atoms with Crippen molar-refractivity contribution in [2.75, 3.05) is 4.90 Å². The van der Waals surface area contributed by atoms with Crippen LogP contribution in [0, 0.1) is 11.3 Å². The maximum absolute atomic E-state index is 12.4. The Bertz CT molecular complexity index is 668. The van der Waals surface area contributed by atoms with Crippen molar-refractivity contribution in [1.29, 1.82) is 5.26 Å². The Labute approximate surface area is 129 Å². The maximum Gasteiger partial charge on any atom is 0.323 e. The molecular formula is C16H18N4O2. The summed E-state index contributed by atoms with van der Waals surface area (Å²) >= 11 is 0. The van der Waals surface area contributed by atoms with Gasteiger partial charge in [0.1, 0.15) is 0 Å². The minimum absolute atomic E-state index is 0.0594. The summed E-state index contributed by atoms with van der Waals surface area (Å²) in [5.74, 6) is -0.874. The van der Waals surface area contributed by atoms with Gasteiger partial charge in [-0.2, -0.15) is 5.26 Å². The van der Waals surface area contributed by atoms with Gasteiger partial charge in [-0.3, -0.25) is 14.5 Å². The molecule has 1 aromatic rings. The van der Waals surface area contributed by atoms with Gasteiger partial charge in [0, 0.05) is 12.1 Å². The van der Waals surface area contributed by atoms with Crippen molar-refractivity contribution in [3.8, 4) is 6.07 Å². The Kier molecular flexibility index (Phi) is 4.27. The van der Waals surface area contributed by atoms with E-state index in [2.05, 4.69) is 4.99 Å². The van der Waals surface area contributed by atoms with Crippen LogP contribution in [0.25, 0.3) is 0 Å². The van der Waals surface area contributed by atoms with E-state index in [0.29, 0.717) is 17.2 Å². The summed E-state index contributed by atoms with van der Waals surface area (Å²) in [6.45, 7) is 7.44. The molecular weight excluding hydrogens is 280 g/mol. The minimum atomic E-state index is -0.627. The van der Waals surface area contributed by atoms with Gasteiger partial charge < -0.3 is 0 Å². The number of anilines is 1. The molecule has 2 amide bonds. The summed E-state index contributed by atoms with van der Waals surface area (Å²) in [5, 5.41) is 8.86. The Morgan fingerprint density at radius 2 is 1.64 bits per heavy atom. The smallest absolute Gasteiger partial charge is 0.271 e. The SMILES string of the molecule is CC(C)N=C1N(c2ccc(C#N)cc2)C(=O)C(=O)N1C(C)C. The molecule has 1 heterocycles. The largest absolute Gasteiger partial charge is 0.323 e. The van der Waals surface area contributed by atoms with Gasteiger partial charge in [0.25, 0.3) is 0 Å². The van der Waals surface area contributed by atoms with E-state index in [-0.39, 0.29) is 12.1 Å². The van der Waals surface area contributed by atoms with Crippen molar-refractivity contribution in [1.82, 2.24) is 4.90 Å². The van der Waals surface area contributed by atoms with Gasteiger partial charge in [-0.05, 0) is 52.0 Å².